The van der Waals surface area contributed by atoms with Crippen LogP contribution in [0.2, 0.25) is 0 Å². The lowest BCUT2D eigenvalue weighted by Gasteiger charge is -2.40. The molecular weight excluding hydrogens is 604 g/mol. The van der Waals surface area contributed by atoms with Crippen molar-refractivity contribution in [1.82, 2.24) is 14.1 Å². The van der Waals surface area contributed by atoms with Gasteiger partial charge in [0.1, 0.15) is 6.61 Å². The van der Waals surface area contributed by atoms with Gasteiger partial charge < -0.3 is 14.5 Å². The van der Waals surface area contributed by atoms with Crippen LogP contribution in [0.15, 0.2) is 102 Å². The number of non-ortho nitro benzene ring substituents is 1. The summed E-state index contributed by atoms with van der Waals surface area (Å²) in [7, 11) is -2.00. The Labute approximate surface area is 272 Å². The highest BCUT2D eigenvalue weighted by atomic mass is 32.2. The Hall–Kier alpha value is -4.06. The SMILES string of the molecule is C/C=C\CN(C(=O)OCc1ccc([N+](=O)[O-])cc1)C1CCN(CCC(C)(CN(C)S(=O)(=O)c2ccccc2)c2ccccc2)CC1. The van der Waals surface area contributed by atoms with Crippen molar-refractivity contribution >= 4 is 21.8 Å². The van der Waals surface area contributed by atoms with Crippen molar-refractivity contribution in [2.75, 3.05) is 39.8 Å². The molecule has 1 amide bonds. The quantitative estimate of drug-likeness (QED) is 0.116. The lowest BCUT2D eigenvalue weighted by Crippen LogP contribution is -2.48. The smallest absolute Gasteiger partial charge is 0.410 e. The van der Waals surface area contributed by atoms with Gasteiger partial charge in [-0.15, -0.1) is 0 Å². The number of nitro groups is 1. The number of allylic oxidation sites excluding steroid dienone is 1. The number of carbonyl (C=O) groups is 1. The zero-order valence-corrected chi connectivity index (χ0v) is 27.6. The van der Waals surface area contributed by atoms with E-state index in [0.29, 0.717) is 18.7 Å². The molecule has 3 aromatic carbocycles. The third kappa shape index (κ3) is 9.02. The van der Waals surface area contributed by atoms with E-state index in [-0.39, 0.29) is 23.2 Å². The molecule has 246 valence electrons. The van der Waals surface area contributed by atoms with Crippen LogP contribution in [-0.4, -0.2) is 79.4 Å². The lowest BCUT2D eigenvalue weighted by atomic mass is 9.79. The summed E-state index contributed by atoms with van der Waals surface area (Å²) in [5.41, 5.74) is 1.34. The number of hydrogen-bond donors (Lipinski definition) is 0. The highest BCUT2D eigenvalue weighted by molar-refractivity contribution is 7.89. The molecule has 0 bridgehead atoms. The number of rotatable bonds is 14. The number of likely N-dealkylation sites (N-methyl/N-ethyl adjacent to an activating group) is 1. The molecule has 1 fully saturated rings. The summed E-state index contributed by atoms with van der Waals surface area (Å²) in [6, 6.07) is 24.6. The summed E-state index contributed by atoms with van der Waals surface area (Å²) in [6.45, 7) is 7.24. The van der Waals surface area contributed by atoms with E-state index in [1.807, 2.05) is 37.3 Å². The third-order valence-corrected chi connectivity index (χ3v) is 10.6. The predicted octanol–water partition coefficient (Wildman–Crippen LogP) is 6.24. The summed E-state index contributed by atoms with van der Waals surface area (Å²) in [4.78, 5) is 28.1. The van der Waals surface area contributed by atoms with Gasteiger partial charge in [-0.3, -0.25) is 10.1 Å². The first-order chi connectivity index (χ1) is 22.0. The van der Waals surface area contributed by atoms with Crippen LogP contribution in [0.5, 0.6) is 0 Å². The number of hydrogen-bond acceptors (Lipinski definition) is 7. The van der Waals surface area contributed by atoms with Gasteiger partial charge in [0.2, 0.25) is 10.0 Å². The topological polar surface area (TPSA) is 113 Å². The predicted molar refractivity (Wildman–Crippen MR) is 179 cm³/mol. The highest BCUT2D eigenvalue weighted by Gasteiger charge is 2.34. The molecule has 11 heteroatoms. The summed E-state index contributed by atoms with van der Waals surface area (Å²) < 4.78 is 33.9. The van der Waals surface area contributed by atoms with Gasteiger partial charge in [0.15, 0.2) is 0 Å². The van der Waals surface area contributed by atoms with Crippen LogP contribution >= 0.6 is 0 Å². The fraction of sp³-hybridized carbons (Fsp3) is 0.400. The number of sulfonamides is 1. The molecule has 10 nitrogen and oxygen atoms in total. The Morgan fingerprint density at radius 2 is 1.63 bits per heavy atom. The Bertz CT molecular complexity index is 1560. The van der Waals surface area contributed by atoms with E-state index in [1.54, 1.807) is 54.4 Å². The van der Waals surface area contributed by atoms with Crippen molar-refractivity contribution in [1.29, 1.82) is 0 Å². The molecule has 3 aromatic rings. The molecule has 4 rings (SSSR count). The molecule has 0 aromatic heterocycles. The zero-order valence-electron chi connectivity index (χ0n) is 26.8. The molecule has 1 aliphatic heterocycles. The molecule has 1 unspecified atom stereocenters. The molecule has 0 saturated carbocycles. The maximum atomic E-state index is 13.4. The Morgan fingerprint density at radius 1 is 1.02 bits per heavy atom. The van der Waals surface area contributed by atoms with Gasteiger partial charge in [0, 0.05) is 56.8 Å². The van der Waals surface area contributed by atoms with E-state index in [4.69, 9.17) is 4.74 Å². The number of ether oxygens (including phenoxy) is 1. The first-order valence-corrected chi connectivity index (χ1v) is 17.0. The molecule has 0 N–H and O–H groups in total. The maximum absolute atomic E-state index is 13.4. The van der Waals surface area contributed by atoms with Crippen LogP contribution in [0.25, 0.3) is 0 Å². The van der Waals surface area contributed by atoms with Crippen molar-refractivity contribution in [2.24, 2.45) is 0 Å². The summed E-state index contributed by atoms with van der Waals surface area (Å²) in [6.07, 6.45) is 5.77. The zero-order chi connectivity index (χ0) is 33.2. The van der Waals surface area contributed by atoms with Crippen molar-refractivity contribution in [2.45, 2.75) is 56.1 Å². The molecule has 0 spiro atoms. The molecule has 0 aliphatic carbocycles. The van der Waals surface area contributed by atoms with Gasteiger partial charge in [-0.05, 0) is 68.1 Å². The Kier molecular flexibility index (Phi) is 12.1. The van der Waals surface area contributed by atoms with Gasteiger partial charge in [-0.25, -0.2) is 17.5 Å². The second kappa shape index (κ2) is 16.0. The fourth-order valence-corrected chi connectivity index (χ4v) is 7.21. The first kappa shape index (κ1) is 34.8. The molecule has 1 atom stereocenters. The second-order valence-electron chi connectivity index (χ2n) is 12.0. The van der Waals surface area contributed by atoms with Crippen LogP contribution in [0, 0.1) is 10.1 Å². The van der Waals surface area contributed by atoms with E-state index in [1.165, 1.54) is 16.4 Å². The molecule has 1 aliphatic rings. The number of nitro benzene ring substituents is 1. The summed E-state index contributed by atoms with van der Waals surface area (Å²) >= 11 is 0. The molecule has 46 heavy (non-hydrogen) atoms. The number of nitrogens with zero attached hydrogens (tertiary/aromatic N) is 4. The number of benzene rings is 3. The van der Waals surface area contributed by atoms with E-state index in [9.17, 15) is 23.3 Å². The highest BCUT2D eigenvalue weighted by Crippen LogP contribution is 2.31. The van der Waals surface area contributed by atoms with Crippen LogP contribution in [0.1, 0.15) is 44.2 Å². The first-order valence-electron chi connectivity index (χ1n) is 15.6. The van der Waals surface area contributed by atoms with Crippen LogP contribution in [-0.2, 0) is 26.8 Å². The van der Waals surface area contributed by atoms with E-state index >= 15 is 0 Å². The van der Waals surface area contributed by atoms with Crippen molar-refractivity contribution < 1.29 is 22.9 Å². The van der Waals surface area contributed by atoms with Crippen LogP contribution < -0.4 is 0 Å². The van der Waals surface area contributed by atoms with E-state index in [0.717, 1.165) is 44.5 Å². The third-order valence-electron chi connectivity index (χ3n) is 8.75. The second-order valence-corrected chi connectivity index (χ2v) is 14.1. The fourth-order valence-electron chi connectivity index (χ4n) is 5.90. The minimum absolute atomic E-state index is 0.00938. The minimum atomic E-state index is -3.65. The van der Waals surface area contributed by atoms with Gasteiger partial charge >= 0.3 is 6.09 Å². The van der Waals surface area contributed by atoms with Gasteiger partial charge in [-0.1, -0.05) is 67.6 Å². The maximum Gasteiger partial charge on any atom is 0.410 e. The average Bonchev–Trinajstić information content (AvgIpc) is 3.08. The van der Waals surface area contributed by atoms with Crippen LogP contribution in [0.4, 0.5) is 10.5 Å². The molecule has 1 heterocycles. The summed E-state index contributed by atoms with van der Waals surface area (Å²) in [5.74, 6) is 0. The number of amides is 1. The normalized spacial score (nSPS) is 15.9. The monoisotopic (exact) mass is 648 g/mol. The number of piperidine rings is 1. The Morgan fingerprint density at radius 3 is 2.22 bits per heavy atom. The number of likely N-dealkylation sites (tertiary alicyclic amines) is 1. The van der Waals surface area contributed by atoms with Crippen molar-refractivity contribution in [3.8, 4) is 0 Å². The van der Waals surface area contributed by atoms with Crippen molar-refractivity contribution in [3.05, 3.63) is 118 Å². The Balaban J connectivity index is 1.37. The van der Waals surface area contributed by atoms with Gasteiger partial charge in [-0.2, -0.15) is 0 Å². The lowest BCUT2D eigenvalue weighted by molar-refractivity contribution is -0.384. The molecular formula is C35H44N4O6S. The van der Waals surface area contributed by atoms with Crippen LogP contribution in [0.3, 0.4) is 0 Å². The number of carbonyl (C=O) groups excluding carboxylic acids is 1. The van der Waals surface area contributed by atoms with Gasteiger partial charge in [0.05, 0.1) is 9.82 Å². The van der Waals surface area contributed by atoms with Crippen molar-refractivity contribution in [3.63, 3.8) is 0 Å². The largest absolute Gasteiger partial charge is 0.445 e. The average molecular weight is 649 g/mol. The summed E-state index contributed by atoms with van der Waals surface area (Å²) in [5, 5.41) is 10.9. The van der Waals surface area contributed by atoms with Gasteiger partial charge in [0.25, 0.3) is 5.69 Å². The minimum Gasteiger partial charge on any atom is -0.445 e. The standard InChI is InChI=1S/C35H44N4O6S/c1-4-5-23-38(34(40)45-27-29-16-18-32(19-17-29)39(41)42)31-20-24-37(25-21-31)26-22-35(2,30-12-8-6-9-13-30)28-36(3)46(43,44)33-14-10-7-11-15-33/h4-19,31H,20-28H2,1-3H3/b5-4-. The van der Waals surface area contributed by atoms with E-state index in [2.05, 4.69) is 24.0 Å². The van der Waals surface area contributed by atoms with E-state index < -0.39 is 26.5 Å². The molecule has 0 radical (unpaired) electrons. The molecule has 1 saturated heterocycles.